The van der Waals surface area contributed by atoms with Gasteiger partial charge in [0.15, 0.2) is 0 Å². The summed E-state index contributed by atoms with van der Waals surface area (Å²) in [7, 11) is 0. The molecule has 0 bridgehead atoms. The second kappa shape index (κ2) is 6.32. The molecule has 1 saturated carbocycles. The third-order valence-electron chi connectivity index (χ3n) is 3.43. The zero-order valence-corrected chi connectivity index (χ0v) is 10.6. The number of hydrogen-bond acceptors (Lipinski definition) is 1. The molecule has 0 spiro atoms. The van der Waals surface area contributed by atoms with Gasteiger partial charge in [0.25, 0.3) is 0 Å². The third kappa shape index (κ3) is 4.38. The molecule has 2 atom stereocenters. The fourth-order valence-electron chi connectivity index (χ4n) is 2.33. The highest BCUT2D eigenvalue weighted by atomic mass is 35.5. The van der Waals surface area contributed by atoms with Crippen molar-refractivity contribution < 1.29 is 0 Å². The van der Waals surface area contributed by atoms with Gasteiger partial charge in [-0.05, 0) is 24.8 Å². The van der Waals surface area contributed by atoms with E-state index in [2.05, 4.69) is 6.92 Å². The topological polar surface area (TPSA) is 23.9 Å². The number of halogens is 1. The van der Waals surface area contributed by atoms with Crippen LogP contribution in [-0.2, 0) is 0 Å². The third-order valence-corrected chi connectivity index (χ3v) is 3.97. The molecule has 0 radical (unpaired) electrons. The zero-order chi connectivity index (χ0) is 11.3. The maximum Gasteiger partial charge on any atom is 0.0547 e. The predicted molar refractivity (Wildman–Crippen MR) is 67.9 cm³/mol. The van der Waals surface area contributed by atoms with Crippen molar-refractivity contribution in [3.63, 3.8) is 0 Å². The molecule has 1 fully saturated rings. The van der Waals surface area contributed by atoms with Gasteiger partial charge in [-0.15, -0.1) is 11.6 Å². The van der Waals surface area contributed by atoms with Gasteiger partial charge in [-0.2, -0.15) is 0 Å². The molecular formula is C13H22ClN. The maximum absolute atomic E-state index is 7.33. The van der Waals surface area contributed by atoms with Crippen molar-refractivity contribution in [2.75, 3.05) is 0 Å². The van der Waals surface area contributed by atoms with E-state index in [9.17, 15) is 0 Å². The summed E-state index contributed by atoms with van der Waals surface area (Å²) in [4.78, 5) is 0. The van der Waals surface area contributed by atoms with Crippen LogP contribution in [0.3, 0.4) is 0 Å². The first kappa shape index (κ1) is 12.8. The van der Waals surface area contributed by atoms with Crippen LogP contribution >= 0.6 is 11.6 Å². The smallest absolute Gasteiger partial charge is 0.0547 e. The second-order valence-electron chi connectivity index (χ2n) is 4.74. The molecule has 0 aromatic heterocycles. The summed E-state index contributed by atoms with van der Waals surface area (Å²) in [5.74, 6) is 1.33. The second-order valence-corrected chi connectivity index (χ2v) is 5.25. The number of alkyl halides is 1. The van der Waals surface area contributed by atoms with E-state index in [4.69, 9.17) is 17.0 Å². The minimum Gasteiger partial charge on any atom is -0.306 e. The quantitative estimate of drug-likeness (QED) is 0.544. The number of allylic oxidation sites excluding steroid dienone is 2. The molecule has 15 heavy (non-hydrogen) atoms. The minimum atomic E-state index is 0.0911. The molecule has 0 amide bonds. The lowest BCUT2D eigenvalue weighted by Gasteiger charge is -2.29. The fraction of sp³-hybridized carbons (Fsp3) is 0.769. The van der Waals surface area contributed by atoms with Gasteiger partial charge in [-0.3, -0.25) is 0 Å². The fourth-order valence-corrected chi connectivity index (χ4v) is 2.61. The molecule has 0 aromatic rings. The summed E-state index contributed by atoms with van der Waals surface area (Å²) in [6.45, 7) is 4.03. The average molecular weight is 228 g/mol. The Morgan fingerprint density at radius 1 is 1.33 bits per heavy atom. The van der Waals surface area contributed by atoms with E-state index < -0.39 is 0 Å². The Labute approximate surface area is 98.4 Å². The molecule has 1 aliphatic carbocycles. The summed E-state index contributed by atoms with van der Waals surface area (Å²) >= 11 is 6.33. The Morgan fingerprint density at radius 2 is 1.93 bits per heavy atom. The molecule has 86 valence electrons. The van der Waals surface area contributed by atoms with Crippen molar-refractivity contribution in [3.8, 4) is 0 Å². The van der Waals surface area contributed by atoms with Crippen LogP contribution in [0.2, 0.25) is 0 Å². The summed E-state index contributed by atoms with van der Waals surface area (Å²) in [5, 5.41) is 7.42. The van der Waals surface area contributed by atoms with Crippen LogP contribution in [0, 0.1) is 17.2 Å². The summed E-state index contributed by atoms with van der Waals surface area (Å²) < 4.78 is 0. The van der Waals surface area contributed by atoms with Crippen LogP contribution < -0.4 is 0 Å². The number of nitrogens with one attached hydrogen (secondary N) is 1. The van der Waals surface area contributed by atoms with Gasteiger partial charge in [0, 0.05) is 5.71 Å². The lowest BCUT2D eigenvalue weighted by atomic mass is 9.79. The molecule has 0 heterocycles. The largest absolute Gasteiger partial charge is 0.306 e. The SMILES string of the molecule is CC(=N)/C=C\[C@@H](Cl)C(C)C1CCCCC1. The monoisotopic (exact) mass is 227 g/mol. The lowest BCUT2D eigenvalue weighted by Crippen LogP contribution is -2.22. The van der Waals surface area contributed by atoms with Gasteiger partial charge < -0.3 is 5.41 Å². The van der Waals surface area contributed by atoms with E-state index in [0.29, 0.717) is 11.6 Å². The molecular weight excluding hydrogens is 206 g/mol. The van der Waals surface area contributed by atoms with Crippen molar-refractivity contribution in [1.82, 2.24) is 0 Å². The normalized spacial score (nSPS) is 22.9. The van der Waals surface area contributed by atoms with Crippen LogP contribution in [0.4, 0.5) is 0 Å². The molecule has 1 aliphatic rings. The first-order chi connectivity index (χ1) is 7.11. The van der Waals surface area contributed by atoms with E-state index in [1.54, 1.807) is 6.92 Å². The summed E-state index contributed by atoms with van der Waals surface area (Å²) in [6.07, 6.45) is 10.6. The van der Waals surface area contributed by atoms with Crippen molar-refractivity contribution in [2.45, 2.75) is 51.3 Å². The molecule has 0 saturated heterocycles. The molecule has 1 N–H and O–H groups in total. The van der Waals surface area contributed by atoms with E-state index in [1.165, 1.54) is 32.1 Å². The predicted octanol–water partition coefficient (Wildman–Crippen LogP) is 4.41. The van der Waals surface area contributed by atoms with E-state index >= 15 is 0 Å². The first-order valence-electron chi connectivity index (χ1n) is 5.98. The van der Waals surface area contributed by atoms with Gasteiger partial charge in [0.2, 0.25) is 0 Å². The Balaban J connectivity index is 2.43. The lowest BCUT2D eigenvalue weighted by molar-refractivity contribution is 0.267. The van der Waals surface area contributed by atoms with Crippen LogP contribution in [0.5, 0.6) is 0 Å². The van der Waals surface area contributed by atoms with Gasteiger partial charge in [0.05, 0.1) is 5.38 Å². The van der Waals surface area contributed by atoms with Crippen LogP contribution in [-0.4, -0.2) is 11.1 Å². The Morgan fingerprint density at radius 3 is 2.47 bits per heavy atom. The summed E-state index contributed by atoms with van der Waals surface area (Å²) in [6, 6.07) is 0. The Hall–Kier alpha value is -0.300. The van der Waals surface area contributed by atoms with Gasteiger partial charge >= 0.3 is 0 Å². The Bertz CT molecular complexity index is 229. The molecule has 2 heteroatoms. The number of hydrogen-bond donors (Lipinski definition) is 1. The molecule has 1 rings (SSSR count). The van der Waals surface area contributed by atoms with E-state index in [-0.39, 0.29) is 5.38 Å². The van der Waals surface area contributed by atoms with E-state index in [0.717, 1.165) is 5.92 Å². The number of rotatable bonds is 4. The highest BCUT2D eigenvalue weighted by Gasteiger charge is 2.24. The standard InChI is InChI=1S/C13H22ClN/c1-10(15)8-9-13(14)11(2)12-6-4-3-5-7-12/h8-9,11-13,15H,3-7H2,1-2H3/b9-8-,15-10?/t11?,13-/m1/s1. The van der Waals surface area contributed by atoms with Crippen molar-refractivity contribution >= 4 is 17.3 Å². The van der Waals surface area contributed by atoms with Crippen molar-refractivity contribution in [1.29, 1.82) is 5.41 Å². The highest BCUT2D eigenvalue weighted by molar-refractivity contribution is 6.22. The minimum absolute atomic E-state index is 0.0911. The molecule has 1 unspecified atom stereocenters. The van der Waals surface area contributed by atoms with Crippen LogP contribution in [0.25, 0.3) is 0 Å². The molecule has 0 aliphatic heterocycles. The van der Waals surface area contributed by atoms with Crippen LogP contribution in [0.15, 0.2) is 12.2 Å². The maximum atomic E-state index is 7.33. The molecule has 0 aromatic carbocycles. The van der Waals surface area contributed by atoms with E-state index in [1.807, 2.05) is 12.2 Å². The molecule has 1 nitrogen and oxygen atoms in total. The van der Waals surface area contributed by atoms with Crippen molar-refractivity contribution in [3.05, 3.63) is 12.2 Å². The van der Waals surface area contributed by atoms with Gasteiger partial charge in [-0.25, -0.2) is 0 Å². The Kier molecular flexibility index (Phi) is 5.38. The van der Waals surface area contributed by atoms with Crippen LogP contribution in [0.1, 0.15) is 46.0 Å². The highest BCUT2D eigenvalue weighted by Crippen LogP contribution is 2.33. The first-order valence-corrected chi connectivity index (χ1v) is 6.42. The van der Waals surface area contributed by atoms with Crippen molar-refractivity contribution in [2.24, 2.45) is 11.8 Å². The van der Waals surface area contributed by atoms with Gasteiger partial charge in [0.1, 0.15) is 0 Å². The van der Waals surface area contributed by atoms with Gasteiger partial charge in [-0.1, -0.05) is 45.1 Å². The average Bonchev–Trinajstić information content (AvgIpc) is 2.26. The summed E-state index contributed by atoms with van der Waals surface area (Å²) in [5.41, 5.74) is 0.580. The zero-order valence-electron chi connectivity index (χ0n) is 9.80.